The number of aliphatic hydroxyl groups excluding tert-OH is 2. The lowest BCUT2D eigenvalue weighted by atomic mass is 9.97. The van der Waals surface area contributed by atoms with Crippen LogP contribution in [-0.2, 0) is 0 Å². The second-order valence-corrected chi connectivity index (χ2v) is 5.16. The van der Waals surface area contributed by atoms with Crippen molar-refractivity contribution in [2.75, 3.05) is 24.3 Å². The molecule has 20 heavy (non-hydrogen) atoms. The van der Waals surface area contributed by atoms with Gasteiger partial charge >= 0.3 is 0 Å². The minimum atomic E-state index is -0.745. The molecule has 0 aliphatic heterocycles. The fraction of sp³-hybridized carbons (Fsp3) is 0.400. The molecule has 2 aromatic rings. The number of anilines is 2. The molecule has 1 aromatic carbocycles. The quantitative estimate of drug-likeness (QED) is 0.623. The Morgan fingerprint density at radius 2 is 1.95 bits per heavy atom. The fourth-order valence-corrected chi connectivity index (χ4v) is 2.21. The van der Waals surface area contributed by atoms with Crippen molar-refractivity contribution in [3.8, 4) is 0 Å². The zero-order chi connectivity index (χ0) is 14.8. The topological polar surface area (TPSA) is 91.4 Å². The van der Waals surface area contributed by atoms with Gasteiger partial charge in [-0.05, 0) is 37.6 Å². The first-order valence-corrected chi connectivity index (χ1v) is 6.70. The van der Waals surface area contributed by atoms with E-state index in [-0.39, 0.29) is 13.2 Å². The number of nitrogens with zero attached hydrogens (tertiary/aromatic N) is 1. The van der Waals surface area contributed by atoms with Gasteiger partial charge in [0.05, 0.1) is 24.3 Å². The van der Waals surface area contributed by atoms with E-state index in [9.17, 15) is 10.2 Å². The number of nitrogens with one attached hydrogen (secondary N) is 1. The van der Waals surface area contributed by atoms with Gasteiger partial charge < -0.3 is 21.3 Å². The second-order valence-electron chi connectivity index (χ2n) is 5.16. The third-order valence-electron chi connectivity index (χ3n) is 3.64. The van der Waals surface area contributed by atoms with Crippen LogP contribution in [0.25, 0.3) is 10.9 Å². The van der Waals surface area contributed by atoms with Gasteiger partial charge in [0, 0.05) is 22.5 Å². The summed E-state index contributed by atoms with van der Waals surface area (Å²) in [5.74, 6) is 0. The van der Waals surface area contributed by atoms with E-state index >= 15 is 0 Å². The zero-order valence-corrected chi connectivity index (χ0v) is 11.8. The molecule has 0 amide bonds. The van der Waals surface area contributed by atoms with Crippen LogP contribution in [0.3, 0.4) is 0 Å². The summed E-state index contributed by atoms with van der Waals surface area (Å²) >= 11 is 0. The van der Waals surface area contributed by atoms with Crippen LogP contribution in [0.5, 0.6) is 0 Å². The molecule has 0 atom stereocenters. The first-order valence-electron chi connectivity index (χ1n) is 6.70. The highest BCUT2D eigenvalue weighted by Crippen LogP contribution is 2.28. The molecule has 5 heteroatoms. The lowest BCUT2D eigenvalue weighted by molar-refractivity contribution is 0.132. The van der Waals surface area contributed by atoms with Gasteiger partial charge in [0.1, 0.15) is 0 Å². The SMILES string of the molecule is CCC(CO)(CO)Nc1cc(C)nc2ccc(N)cc12. The third-order valence-corrected chi connectivity index (χ3v) is 3.64. The number of fused-ring (bicyclic) bond motifs is 1. The molecule has 0 bridgehead atoms. The molecular formula is C15H21N3O2. The van der Waals surface area contributed by atoms with Gasteiger partial charge in [0.15, 0.2) is 0 Å². The van der Waals surface area contributed by atoms with Crippen LogP contribution in [0.2, 0.25) is 0 Å². The predicted molar refractivity (Wildman–Crippen MR) is 81.7 cm³/mol. The lowest BCUT2D eigenvalue weighted by Crippen LogP contribution is -2.45. The van der Waals surface area contributed by atoms with Crippen molar-refractivity contribution in [3.63, 3.8) is 0 Å². The third kappa shape index (κ3) is 2.69. The average Bonchev–Trinajstić information content (AvgIpc) is 2.45. The van der Waals surface area contributed by atoms with E-state index in [1.165, 1.54) is 0 Å². The minimum absolute atomic E-state index is 0.148. The molecule has 1 heterocycles. The number of aliphatic hydroxyl groups is 2. The molecule has 0 aliphatic carbocycles. The van der Waals surface area contributed by atoms with Crippen LogP contribution < -0.4 is 11.1 Å². The highest BCUT2D eigenvalue weighted by Gasteiger charge is 2.27. The van der Waals surface area contributed by atoms with Crippen molar-refractivity contribution in [3.05, 3.63) is 30.0 Å². The summed E-state index contributed by atoms with van der Waals surface area (Å²) in [5, 5.41) is 23.3. The number of pyridine rings is 1. The van der Waals surface area contributed by atoms with Crippen molar-refractivity contribution >= 4 is 22.3 Å². The Morgan fingerprint density at radius 1 is 1.25 bits per heavy atom. The Bertz CT molecular complexity index is 601. The summed E-state index contributed by atoms with van der Waals surface area (Å²) in [6, 6.07) is 7.43. The molecule has 0 unspecified atom stereocenters. The fourth-order valence-electron chi connectivity index (χ4n) is 2.21. The molecule has 0 spiro atoms. The number of aromatic nitrogens is 1. The van der Waals surface area contributed by atoms with Crippen LogP contribution in [-0.4, -0.2) is 33.9 Å². The van der Waals surface area contributed by atoms with Crippen LogP contribution in [0.4, 0.5) is 11.4 Å². The van der Waals surface area contributed by atoms with Crippen LogP contribution in [0.15, 0.2) is 24.3 Å². The maximum atomic E-state index is 9.57. The highest BCUT2D eigenvalue weighted by atomic mass is 16.3. The molecule has 5 nitrogen and oxygen atoms in total. The first-order chi connectivity index (χ1) is 9.53. The number of hydrogen-bond acceptors (Lipinski definition) is 5. The summed E-state index contributed by atoms with van der Waals surface area (Å²) in [7, 11) is 0. The van der Waals surface area contributed by atoms with Gasteiger partial charge in [0.2, 0.25) is 0 Å². The first kappa shape index (κ1) is 14.6. The standard InChI is InChI=1S/C15H21N3O2/c1-3-15(8-19,9-20)18-14-6-10(2)17-13-5-4-11(16)7-12(13)14/h4-7,19-20H,3,8-9,16H2,1-2H3,(H,17,18). The van der Waals surface area contributed by atoms with Crippen molar-refractivity contribution < 1.29 is 10.2 Å². The van der Waals surface area contributed by atoms with E-state index in [0.717, 1.165) is 22.3 Å². The number of nitrogen functional groups attached to an aromatic ring is 1. The van der Waals surface area contributed by atoms with E-state index in [0.29, 0.717) is 12.1 Å². The molecule has 1 aromatic heterocycles. The number of rotatable bonds is 5. The molecule has 2 rings (SSSR count). The van der Waals surface area contributed by atoms with Crippen molar-refractivity contribution in [2.45, 2.75) is 25.8 Å². The molecule has 0 saturated heterocycles. The van der Waals surface area contributed by atoms with Gasteiger partial charge in [-0.15, -0.1) is 0 Å². The van der Waals surface area contributed by atoms with Gasteiger partial charge in [0.25, 0.3) is 0 Å². The second kappa shape index (κ2) is 5.64. The van der Waals surface area contributed by atoms with E-state index in [1.54, 1.807) is 0 Å². The highest BCUT2D eigenvalue weighted by molar-refractivity contribution is 5.93. The smallest absolute Gasteiger partial charge is 0.0832 e. The number of aryl methyl sites for hydroxylation is 1. The van der Waals surface area contributed by atoms with Gasteiger partial charge in [-0.3, -0.25) is 4.98 Å². The van der Waals surface area contributed by atoms with Crippen LogP contribution in [0.1, 0.15) is 19.0 Å². The monoisotopic (exact) mass is 275 g/mol. The Hall–Kier alpha value is -1.85. The Labute approximate surface area is 118 Å². The summed E-state index contributed by atoms with van der Waals surface area (Å²) in [6.45, 7) is 3.53. The Balaban J connectivity index is 2.55. The van der Waals surface area contributed by atoms with Gasteiger partial charge in [-0.1, -0.05) is 6.92 Å². The van der Waals surface area contributed by atoms with E-state index < -0.39 is 5.54 Å². The predicted octanol–water partition coefficient (Wildman–Crippen LogP) is 1.67. The maximum absolute atomic E-state index is 9.57. The van der Waals surface area contributed by atoms with Crippen molar-refractivity contribution in [1.29, 1.82) is 0 Å². The summed E-state index contributed by atoms with van der Waals surface area (Å²) in [6.07, 6.45) is 0.602. The summed E-state index contributed by atoms with van der Waals surface area (Å²) in [4.78, 5) is 4.46. The molecule has 0 fully saturated rings. The molecule has 0 saturated carbocycles. The number of benzene rings is 1. The summed E-state index contributed by atoms with van der Waals surface area (Å²) in [5.41, 5.74) is 8.27. The van der Waals surface area contributed by atoms with E-state index in [1.807, 2.05) is 38.1 Å². The van der Waals surface area contributed by atoms with Gasteiger partial charge in [-0.2, -0.15) is 0 Å². The molecule has 0 radical (unpaired) electrons. The van der Waals surface area contributed by atoms with E-state index in [2.05, 4.69) is 10.3 Å². The van der Waals surface area contributed by atoms with E-state index in [4.69, 9.17) is 5.73 Å². The number of nitrogens with two attached hydrogens (primary N) is 1. The molecule has 5 N–H and O–H groups in total. The summed E-state index contributed by atoms with van der Waals surface area (Å²) < 4.78 is 0. The number of hydrogen-bond donors (Lipinski definition) is 4. The Morgan fingerprint density at radius 3 is 2.55 bits per heavy atom. The normalized spacial score (nSPS) is 11.8. The van der Waals surface area contributed by atoms with Gasteiger partial charge in [-0.25, -0.2) is 0 Å². The minimum Gasteiger partial charge on any atom is -0.399 e. The average molecular weight is 275 g/mol. The zero-order valence-electron chi connectivity index (χ0n) is 11.8. The largest absolute Gasteiger partial charge is 0.399 e. The van der Waals surface area contributed by atoms with Crippen molar-refractivity contribution in [1.82, 2.24) is 4.98 Å². The molecular weight excluding hydrogens is 254 g/mol. The van der Waals surface area contributed by atoms with Crippen LogP contribution in [0, 0.1) is 6.92 Å². The van der Waals surface area contributed by atoms with Crippen molar-refractivity contribution in [2.24, 2.45) is 0 Å². The Kier molecular flexibility index (Phi) is 4.11. The molecule has 0 aliphatic rings. The lowest BCUT2D eigenvalue weighted by Gasteiger charge is -2.31. The molecule has 108 valence electrons. The van der Waals surface area contributed by atoms with Crippen LogP contribution >= 0.6 is 0 Å². The maximum Gasteiger partial charge on any atom is 0.0832 e.